The van der Waals surface area contributed by atoms with Crippen molar-refractivity contribution in [2.45, 2.75) is 45.1 Å². The monoisotopic (exact) mass is 537 g/mol. The second-order valence-corrected chi connectivity index (χ2v) is 11.1. The average molecular weight is 538 g/mol. The predicted molar refractivity (Wildman–Crippen MR) is 141 cm³/mol. The molecule has 4 N–H and O–H groups in total. The molecule has 1 atom stereocenters. The number of pyridine rings is 1. The largest absolute Gasteiger partial charge is 0.394 e. The van der Waals surface area contributed by atoms with Crippen LogP contribution in [0.1, 0.15) is 37.0 Å². The molecule has 38 heavy (non-hydrogen) atoms. The molecule has 196 valence electrons. The number of nitrogens with one attached hydrogen (secondary N) is 1. The van der Waals surface area contributed by atoms with Crippen molar-refractivity contribution < 1.29 is 18.6 Å². The third-order valence-electron chi connectivity index (χ3n) is 7.27. The Kier molecular flexibility index (Phi) is 5.92. The van der Waals surface area contributed by atoms with E-state index in [1.54, 1.807) is 6.20 Å². The normalized spacial score (nSPS) is 19.1. The average Bonchev–Trinajstić information content (AvgIpc) is 3.62. The minimum absolute atomic E-state index is 0.0458. The van der Waals surface area contributed by atoms with Gasteiger partial charge in [-0.15, -0.1) is 11.3 Å². The van der Waals surface area contributed by atoms with E-state index in [4.69, 9.17) is 10.5 Å². The quantitative estimate of drug-likeness (QED) is 0.349. The Morgan fingerprint density at radius 1 is 1.29 bits per heavy atom. The van der Waals surface area contributed by atoms with E-state index < -0.39 is 17.2 Å². The van der Waals surface area contributed by atoms with Crippen LogP contribution in [0.3, 0.4) is 0 Å². The smallest absolute Gasteiger partial charge is 0.226 e. The first-order chi connectivity index (χ1) is 18.3. The summed E-state index contributed by atoms with van der Waals surface area (Å²) in [5.74, 6) is -0.927. The number of nitrogens with zero attached hydrogens (tertiary/aromatic N) is 5. The van der Waals surface area contributed by atoms with Gasteiger partial charge < -0.3 is 25.8 Å². The Hall–Kier alpha value is -3.50. The van der Waals surface area contributed by atoms with Crippen molar-refractivity contribution in [1.29, 1.82) is 5.26 Å². The van der Waals surface area contributed by atoms with Crippen molar-refractivity contribution in [2.75, 3.05) is 30.3 Å². The van der Waals surface area contributed by atoms with Crippen LogP contribution in [0, 0.1) is 23.0 Å². The molecule has 0 radical (unpaired) electrons. The Bertz CT molecular complexity index is 1650. The number of benzene rings is 1. The van der Waals surface area contributed by atoms with Gasteiger partial charge in [0.15, 0.2) is 11.6 Å². The fourth-order valence-corrected chi connectivity index (χ4v) is 6.56. The molecule has 3 aromatic heterocycles. The lowest BCUT2D eigenvalue weighted by Crippen LogP contribution is -2.53. The summed E-state index contributed by atoms with van der Waals surface area (Å²) < 4.78 is 37.0. The Morgan fingerprint density at radius 3 is 2.82 bits per heavy atom. The fourth-order valence-electron chi connectivity index (χ4n) is 5.64. The molecule has 0 saturated carbocycles. The molecule has 0 amide bonds. The summed E-state index contributed by atoms with van der Waals surface area (Å²) >= 11 is 0.935. The lowest BCUT2D eigenvalue weighted by Gasteiger charge is -2.30. The number of nitrogen functional groups attached to an aromatic ring is 1. The van der Waals surface area contributed by atoms with Gasteiger partial charge in [0.25, 0.3) is 0 Å². The van der Waals surface area contributed by atoms with Crippen molar-refractivity contribution in [2.24, 2.45) is 0 Å². The minimum atomic E-state index is -0.644. The van der Waals surface area contributed by atoms with Gasteiger partial charge in [-0.3, -0.25) is 4.98 Å². The molecule has 2 aliphatic heterocycles. The van der Waals surface area contributed by atoms with Crippen LogP contribution >= 0.6 is 11.3 Å². The van der Waals surface area contributed by atoms with Gasteiger partial charge in [0.05, 0.1) is 47.5 Å². The summed E-state index contributed by atoms with van der Waals surface area (Å²) in [6.45, 7) is 5.42. The van der Waals surface area contributed by atoms with Crippen LogP contribution in [0.15, 0.2) is 12.4 Å². The molecule has 1 fully saturated rings. The first kappa shape index (κ1) is 24.8. The third kappa shape index (κ3) is 3.69. The summed E-state index contributed by atoms with van der Waals surface area (Å²) in [6, 6.07) is 2.19. The lowest BCUT2D eigenvalue weighted by molar-refractivity contribution is 0.135. The molecular weight excluding hydrogens is 512 g/mol. The maximum atomic E-state index is 16.5. The minimum Gasteiger partial charge on any atom is -0.394 e. The van der Waals surface area contributed by atoms with E-state index in [0.29, 0.717) is 36.4 Å². The zero-order valence-corrected chi connectivity index (χ0v) is 21.6. The number of aliphatic hydroxyl groups is 1. The molecular formula is C26H25F2N7O2S. The molecule has 12 heteroatoms. The highest BCUT2D eigenvalue weighted by Gasteiger charge is 2.39. The van der Waals surface area contributed by atoms with E-state index in [1.165, 1.54) is 0 Å². The van der Waals surface area contributed by atoms with Crippen molar-refractivity contribution in [3.8, 4) is 17.3 Å². The molecule has 5 heterocycles. The maximum Gasteiger partial charge on any atom is 0.226 e. The molecule has 0 bridgehead atoms. The molecule has 2 aliphatic rings. The molecule has 1 aromatic carbocycles. The van der Waals surface area contributed by atoms with Gasteiger partial charge in [0.2, 0.25) is 5.95 Å². The highest BCUT2D eigenvalue weighted by Crippen LogP contribution is 2.45. The van der Waals surface area contributed by atoms with E-state index in [1.807, 2.05) is 24.8 Å². The van der Waals surface area contributed by atoms with Gasteiger partial charge in [-0.25, -0.2) is 18.7 Å². The summed E-state index contributed by atoms with van der Waals surface area (Å²) in [7, 11) is 0. The number of anilines is 2. The van der Waals surface area contributed by atoms with Crippen LogP contribution in [0.25, 0.3) is 32.2 Å². The summed E-state index contributed by atoms with van der Waals surface area (Å²) in [6.07, 6.45) is 3.30. The van der Waals surface area contributed by atoms with E-state index in [9.17, 15) is 14.8 Å². The van der Waals surface area contributed by atoms with Crippen LogP contribution in [0.2, 0.25) is 0 Å². The van der Waals surface area contributed by atoms with Crippen LogP contribution in [0.5, 0.6) is 0 Å². The first-order valence-corrected chi connectivity index (χ1v) is 13.1. The molecule has 1 unspecified atom stereocenters. The predicted octanol–water partition coefficient (Wildman–Crippen LogP) is 3.61. The van der Waals surface area contributed by atoms with Gasteiger partial charge in [-0.05, 0) is 17.5 Å². The Morgan fingerprint density at radius 2 is 2.08 bits per heavy atom. The molecule has 0 spiro atoms. The van der Waals surface area contributed by atoms with E-state index in [2.05, 4.69) is 20.3 Å². The number of thiophene rings is 1. The van der Waals surface area contributed by atoms with Crippen LogP contribution in [-0.4, -0.2) is 51.3 Å². The van der Waals surface area contributed by atoms with Gasteiger partial charge in [0.1, 0.15) is 16.6 Å². The highest BCUT2D eigenvalue weighted by molar-refractivity contribution is 7.23. The van der Waals surface area contributed by atoms with Gasteiger partial charge in [0, 0.05) is 41.7 Å². The Labute approximate surface area is 220 Å². The molecule has 9 nitrogen and oxygen atoms in total. The molecule has 6 rings (SSSR count). The van der Waals surface area contributed by atoms with Gasteiger partial charge >= 0.3 is 0 Å². The highest BCUT2D eigenvalue weighted by atomic mass is 32.1. The number of nitriles is 1. The Balaban J connectivity index is 1.54. The van der Waals surface area contributed by atoms with E-state index in [-0.39, 0.29) is 63.3 Å². The summed E-state index contributed by atoms with van der Waals surface area (Å²) in [5.41, 5.74) is 7.23. The van der Waals surface area contributed by atoms with Crippen LogP contribution < -0.4 is 16.0 Å². The van der Waals surface area contributed by atoms with Crippen LogP contribution in [0.4, 0.5) is 19.7 Å². The number of hydrogen-bond acceptors (Lipinski definition) is 10. The number of halogens is 2. The molecule has 0 aliphatic carbocycles. The zero-order chi connectivity index (χ0) is 26.8. The fraction of sp³-hybridized carbons (Fsp3) is 0.385. The number of aliphatic hydroxyl groups excluding tert-OH is 1. The number of rotatable bonds is 5. The SMILES string of the molecule is CC(C)NC1(CO)CCN(c2ncc3c4c(c(-c5ncc(F)c6sc(N)c(C#N)c56)c(F)c3n2)COC4)C1. The second kappa shape index (κ2) is 9.06. The molecule has 4 aromatic rings. The van der Waals surface area contributed by atoms with Crippen molar-refractivity contribution in [3.05, 3.63) is 40.7 Å². The molecule has 1 saturated heterocycles. The van der Waals surface area contributed by atoms with Crippen molar-refractivity contribution in [1.82, 2.24) is 20.3 Å². The zero-order valence-electron chi connectivity index (χ0n) is 20.8. The standard InChI is InChI=1S/C26H25F2N7O2S/c1-12(2)34-26(11-36)3-4-35(10-26)25-32-6-14-15-8-37-9-16(15)18(20(28)21(14)33-25)22-19-13(5-29)24(30)38-23(19)17(27)7-31-22/h6-7,12,34,36H,3-4,8-11,30H2,1-2H3. The van der Waals surface area contributed by atoms with Gasteiger partial charge in [-0.1, -0.05) is 13.8 Å². The van der Waals surface area contributed by atoms with E-state index in [0.717, 1.165) is 23.1 Å². The van der Waals surface area contributed by atoms with Crippen molar-refractivity contribution >= 4 is 43.3 Å². The van der Waals surface area contributed by atoms with E-state index >= 15 is 4.39 Å². The van der Waals surface area contributed by atoms with Gasteiger partial charge in [-0.2, -0.15) is 5.26 Å². The third-order valence-corrected chi connectivity index (χ3v) is 8.29. The van der Waals surface area contributed by atoms with Crippen molar-refractivity contribution in [3.63, 3.8) is 0 Å². The lowest BCUT2D eigenvalue weighted by atomic mass is 9.94. The second-order valence-electron chi connectivity index (χ2n) is 10.1. The topological polar surface area (TPSA) is 133 Å². The number of nitrogens with two attached hydrogens (primary N) is 1. The maximum absolute atomic E-state index is 16.5. The number of hydrogen-bond donors (Lipinski definition) is 3. The van der Waals surface area contributed by atoms with Crippen LogP contribution in [-0.2, 0) is 18.0 Å². The number of fused-ring (bicyclic) bond motifs is 4. The number of ether oxygens (including phenoxy) is 1. The summed E-state index contributed by atoms with van der Waals surface area (Å²) in [5, 5.41) is 24.1. The summed E-state index contributed by atoms with van der Waals surface area (Å²) in [4.78, 5) is 15.3. The first-order valence-electron chi connectivity index (χ1n) is 12.2. The number of aromatic nitrogens is 3.